The van der Waals surface area contributed by atoms with Gasteiger partial charge in [0, 0.05) is 13.1 Å². The highest BCUT2D eigenvalue weighted by Gasteiger charge is 2.21. The second kappa shape index (κ2) is 7.14. The molecular weight excluding hydrogens is 256 g/mol. The first-order valence-electron chi connectivity index (χ1n) is 6.81. The van der Waals surface area contributed by atoms with Crippen LogP contribution in [0.4, 0.5) is 5.69 Å². The molecule has 1 aromatic carbocycles. The van der Waals surface area contributed by atoms with Gasteiger partial charge in [0.05, 0.1) is 24.3 Å². The van der Waals surface area contributed by atoms with E-state index in [0.29, 0.717) is 24.5 Å². The number of para-hydroxylation sites is 2. The second-order valence-electron chi connectivity index (χ2n) is 5.36. The summed E-state index contributed by atoms with van der Waals surface area (Å²) in [6.45, 7) is 6.41. The summed E-state index contributed by atoms with van der Waals surface area (Å²) in [6, 6.07) is 7.19. The fourth-order valence-corrected chi connectivity index (χ4v) is 1.86. The normalized spacial score (nSPS) is 11.2. The summed E-state index contributed by atoms with van der Waals surface area (Å²) >= 11 is 0. The summed E-state index contributed by atoms with van der Waals surface area (Å²) < 4.78 is 5.50. The van der Waals surface area contributed by atoms with Gasteiger partial charge in [0.25, 0.3) is 0 Å². The van der Waals surface area contributed by atoms with E-state index in [1.54, 1.807) is 30.9 Å². The average Bonchev–Trinajstić information content (AvgIpc) is 2.37. The highest BCUT2D eigenvalue weighted by atomic mass is 16.5. The number of nitrogen functional groups attached to an aromatic ring is 1. The van der Waals surface area contributed by atoms with Gasteiger partial charge in [-0.25, -0.2) is 0 Å². The minimum Gasteiger partial charge on any atom is -0.491 e. The highest BCUT2D eigenvalue weighted by molar-refractivity contribution is 5.76. The molecule has 1 amide bonds. The number of anilines is 1. The lowest BCUT2D eigenvalue weighted by Gasteiger charge is -2.28. The van der Waals surface area contributed by atoms with Crippen LogP contribution in [0.3, 0.4) is 0 Å². The van der Waals surface area contributed by atoms with E-state index < -0.39 is 5.60 Å². The molecule has 0 atom stereocenters. The number of carbonyl (C=O) groups excluding carboxylic acids is 1. The molecule has 5 heteroatoms. The number of ether oxygens (including phenoxy) is 1. The molecule has 0 unspecified atom stereocenters. The molecule has 0 aliphatic carbocycles. The molecule has 5 nitrogen and oxygen atoms in total. The number of benzene rings is 1. The topological polar surface area (TPSA) is 75.8 Å². The number of hydrogen-bond donors (Lipinski definition) is 2. The van der Waals surface area contributed by atoms with E-state index in [4.69, 9.17) is 10.5 Å². The molecule has 0 radical (unpaired) electrons. The van der Waals surface area contributed by atoms with Gasteiger partial charge in [0.15, 0.2) is 0 Å². The Kier molecular flexibility index (Phi) is 5.82. The smallest absolute Gasteiger partial charge is 0.226 e. The van der Waals surface area contributed by atoms with Crippen LogP contribution in [-0.2, 0) is 4.79 Å². The standard InChI is InChI=1S/C15H24N2O3/c1-4-17(11-15(2,3)19)14(18)9-10-20-13-8-6-5-7-12(13)16/h5-8,19H,4,9-11,16H2,1-3H3. The summed E-state index contributed by atoms with van der Waals surface area (Å²) in [4.78, 5) is 13.7. The Morgan fingerprint density at radius 1 is 1.40 bits per heavy atom. The van der Waals surface area contributed by atoms with Gasteiger partial charge in [-0.05, 0) is 32.9 Å². The zero-order valence-corrected chi connectivity index (χ0v) is 12.4. The van der Waals surface area contributed by atoms with Crippen molar-refractivity contribution in [1.82, 2.24) is 4.90 Å². The maximum atomic E-state index is 12.0. The number of nitrogens with zero attached hydrogens (tertiary/aromatic N) is 1. The first kappa shape index (κ1) is 16.3. The molecule has 1 aromatic rings. The lowest BCUT2D eigenvalue weighted by molar-refractivity contribution is -0.134. The van der Waals surface area contributed by atoms with E-state index in [-0.39, 0.29) is 18.9 Å². The van der Waals surface area contributed by atoms with E-state index in [9.17, 15) is 9.90 Å². The van der Waals surface area contributed by atoms with Crippen molar-refractivity contribution in [3.8, 4) is 5.75 Å². The maximum Gasteiger partial charge on any atom is 0.226 e. The van der Waals surface area contributed by atoms with Crippen LogP contribution < -0.4 is 10.5 Å². The zero-order valence-electron chi connectivity index (χ0n) is 12.4. The third-order valence-electron chi connectivity index (χ3n) is 2.80. The summed E-state index contributed by atoms with van der Waals surface area (Å²) in [5.41, 5.74) is 5.42. The molecule has 3 N–H and O–H groups in total. The number of aliphatic hydroxyl groups is 1. The van der Waals surface area contributed by atoms with Crippen LogP contribution in [0.1, 0.15) is 27.2 Å². The molecule has 0 fully saturated rings. The van der Waals surface area contributed by atoms with Crippen molar-refractivity contribution >= 4 is 11.6 Å². The van der Waals surface area contributed by atoms with Crippen LogP contribution in [-0.4, -0.2) is 41.2 Å². The number of carbonyl (C=O) groups is 1. The first-order valence-corrected chi connectivity index (χ1v) is 6.81. The van der Waals surface area contributed by atoms with Gasteiger partial charge in [-0.3, -0.25) is 4.79 Å². The van der Waals surface area contributed by atoms with Crippen molar-refractivity contribution in [1.29, 1.82) is 0 Å². The maximum absolute atomic E-state index is 12.0. The molecule has 0 aliphatic heterocycles. The van der Waals surface area contributed by atoms with E-state index >= 15 is 0 Å². The molecule has 0 spiro atoms. The number of likely N-dealkylation sites (N-methyl/N-ethyl adjacent to an activating group) is 1. The van der Waals surface area contributed by atoms with E-state index in [1.165, 1.54) is 0 Å². The molecule has 0 saturated carbocycles. The van der Waals surface area contributed by atoms with E-state index in [1.807, 2.05) is 19.1 Å². The molecule has 20 heavy (non-hydrogen) atoms. The van der Waals surface area contributed by atoms with Crippen molar-refractivity contribution in [3.63, 3.8) is 0 Å². The summed E-state index contributed by atoms with van der Waals surface area (Å²) in [6.07, 6.45) is 0.262. The molecule has 0 aliphatic rings. The Balaban J connectivity index is 2.44. The SMILES string of the molecule is CCN(CC(C)(C)O)C(=O)CCOc1ccccc1N. The summed E-state index contributed by atoms with van der Waals surface area (Å²) in [5.74, 6) is 0.551. The monoisotopic (exact) mass is 280 g/mol. The Morgan fingerprint density at radius 2 is 2.05 bits per heavy atom. The second-order valence-corrected chi connectivity index (χ2v) is 5.36. The van der Waals surface area contributed by atoms with Crippen molar-refractivity contribution in [2.45, 2.75) is 32.8 Å². The number of nitrogens with two attached hydrogens (primary N) is 1. The van der Waals surface area contributed by atoms with Crippen LogP contribution >= 0.6 is 0 Å². The van der Waals surface area contributed by atoms with Gasteiger partial charge in [-0.2, -0.15) is 0 Å². The van der Waals surface area contributed by atoms with Crippen molar-refractivity contribution < 1.29 is 14.6 Å². The van der Waals surface area contributed by atoms with Gasteiger partial charge >= 0.3 is 0 Å². The average molecular weight is 280 g/mol. The number of rotatable bonds is 7. The predicted octanol–water partition coefficient (Wildman–Crippen LogP) is 1.66. The molecule has 1 rings (SSSR count). The molecular formula is C15H24N2O3. The van der Waals surface area contributed by atoms with Crippen LogP contribution in [0.2, 0.25) is 0 Å². The van der Waals surface area contributed by atoms with Crippen molar-refractivity contribution in [3.05, 3.63) is 24.3 Å². The third-order valence-corrected chi connectivity index (χ3v) is 2.80. The lowest BCUT2D eigenvalue weighted by atomic mass is 10.1. The third kappa shape index (κ3) is 5.48. The Morgan fingerprint density at radius 3 is 2.60 bits per heavy atom. The molecule has 0 bridgehead atoms. The number of amides is 1. The van der Waals surface area contributed by atoms with Crippen LogP contribution in [0.15, 0.2) is 24.3 Å². The van der Waals surface area contributed by atoms with Gasteiger partial charge in [-0.15, -0.1) is 0 Å². The van der Waals surface area contributed by atoms with Gasteiger partial charge in [-0.1, -0.05) is 12.1 Å². The fourth-order valence-electron chi connectivity index (χ4n) is 1.86. The molecule has 0 aromatic heterocycles. The molecule has 112 valence electrons. The van der Waals surface area contributed by atoms with Crippen LogP contribution in [0, 0.1) is 0 Å². The highest BCUT2D eigenvalue weighted by Crippen LogP contribution is 2.19. The Labute approximate surface area is 120 Å². The van der Waals surface area contributed by atoms with Crippen molar-refractivity contribution in [2.75, 3.05) is 25.4 Å². The van der Waals surface area contributed by atoms with Gasteiger partial charge < -0.3 is 20.5 Å². The predicted molar refractivity (Wildman–Crippen MR) is 79.5 cm³/mol. The summed E-state index contributed by atoms with van der Waals surface area (Å²) in [7, 11) is 0. The largest absolute Gasteiger partial charge is 0.491 e. The minimum atomic E-state index is -0.892. The zero-order chi connectivity index (χ0) is 15.2. The number of hydrogen-bond acceptors (Lipinski definition) is 4. The van der Waals surface area contributed by atoms with Gasteiger partial charge in [0.2, 0.25) is 5.91 Å². The lowest BCUT2D eigenvalue weighted by Crippen LogP contribution is -2.42. The molecule has 0 saturated heterocycles. The molecule has 0 heterocycles. The summed E-state index contributed by atoms with van der Waals surface area (Å²) in [5, 5.41) is 9.77. The van der Waals surface area contributed by atoms with Crippen LogP contribution in [0.5, 0.6) is 5.75 Å². The van der Waals surface area contributed by atoms with Crippen molar-refractivity contribution in [2.24, 2.45) is 0 Å². The quantitative estimate of drug-likeness (QED) is 0.745. The van der Waals surface area contributed by atoms with E-state index in [2.05, 4.69) is 0 Å². The Bertz CT molecular complexity index is 441. The van der Waals surface area contributed by atoms with Crippen LogP contribution in [0.25, 0.3) is 0 Å². The first-order chi connectivity index (χ1) is 9.33. The Hall–Kier alpha value is -1.75. The van der Waals surface area contributed by atoms with Gasteiger partial charge in [0.1, 0.15) is 5.75 Å². The van der Waals surface area contributed by atoms with E-state index in [0.717, 1.165) is 0 Å². The minimum absolute atomic E-state index is 0.0378. The fraction of sp³-hybridized carbons (Fsp3) is 0.533.